The number of hydrogen-bond acceptors (Lipinski definition) is 2. The summed E-state index contributed by atoms with van der Waals surface area (Å²) in [5, 5.41) is 0.243. The standard InChI is InChI=1S/C7H5ClN2/c1-2-3-6-4-5-9-7(8)10-6/h1,4-5H,3H2. The summed E-state index contributed by atoms with van der Waals surface area (Å²) in [6, 6.07) is 1.74. The van der Waals surface area contributed by atoms with E-state index in [1.807, 2.05) is 0 Å². The highest BCUT2D eigenvalue weighted by Gasteiger charge is 1.92. The second-order valence-corrected chi connectivity index (χ2v) is 2.04. The van der Waals surface area contributed by atoms with Crippen molar-refractivity contribution in [3.8, 4) is 12.3 Å². The third-order valence-corrected chi connectivity index (χ3v) is 1.15. The van der Waals surface area contributed by atoms with Gasteiger partial charge in [0.2, 0.25) is 5.28 Å². The molecule has 0 saturated carbocycles. The van der Waals surface area contributed by atoms with Gasteiger partial charge in [-0.3, -0.25) is 0 Å². The van der Waals surface area contributed by atoms with Crippen molar-refractivity contribution in [3.05, 3.63) is 23.2 Å². The first-order valence-electron chi connectivity index (χ1n) is 2.74. The van der Waals surface area contributed by atoms with Crippen molar-refractivity contribution in [1.29, 1.82) is 0 Å². The Balaban J connectivity index is 2.87. The number of rotatable bonds is 1. The van der Waals surface area contributed by atoms with Gasteiger partial charge in [-0.2, -0.15) is 0 Å². The van der Waals surface area contributed by atoms with E-state index in [1.54, 1.807) is 12.3 Å². The molecule has 0 aliphatic carbocycles. The first-order chi connectivity index (χ1) is 4.83. The Hall–Kier alpha value is -1.07. The third kappa shape index (κ3) is 1.71. The van der Waals surface area contributed by atoms with Crippen LogP contribution in [0.4, 0.5) is 0 Å². The molecular formula is C7H5ClN2. The van der Waals surface area contributed by atoms with Crippen LogP contribution in [0.15, 0.2) is 12.3 Å². The highest BCUT2D eigenvalue weighted by Crippen LogP contribution is 2.00. The van der Waals surface area contributed by atoms with Gasteiger partial charge in [0.15, 0.2) is 0 Å². The second kappa shape index (κ2) is 3.19. The largest absolute Gasteiger partial charge is 0.227 e. The minimum absolute atomic E-state index is 0.243. The molecule has 0 aliphatic heterocycles. The van der Waals surface area contributed by atoms with Crippen molar-refractivity contribution < 1.29 is 0 Å². The first kappa shape index (κ1) is 7.04. The van der Waals surface area contributed by atoms with Gasteiger partial charge in [-0.1, -0.05) is 0 Å². The average Bonchev–Trinajstić information content (AvgIpc) is 1.88. The van der Waals surface area contributed by atoms with E-state index in [0.29, 0.717) is 6.42 Å². The van der Waals surface area contributed by atoms with Crippen LogP contribution in [-0.4, -0.2) is 9.97 Å². The zero-order valence-electron chi connectivity index (χ0n) is 5.21. The lowest BCUT2D eigenvalue weighted by Gasteiger charge is -1.91. The van der Waals surface area contributed by atoms with Crippen LogP contribution in [0.2, 0.25) is 5.28 Å². The first-order valence-corrected chi connectivity index (χ1v) is 3.11. The maximum atomic E-state index is 5.49. The van der Waals surface area contributed by atoms with Gasteiger partial charge in [0.25, 0.3) is 0 Å². The summed E-state index contributed by atoms with van der Waals surface area (Å²) in [6.45, 7) is 0. The molecule has 0 fully saturated rings. The molecule has 0 aromatic carbocycles. The van der Waals surface area contributed by atoms with E-state index in [0.717, 1.165) is 5.69 Å². The molecular weight excluding hydrogens is 148 g/mol. The van der Waals surface area contributed by atoms with Gasteiger partial charge in [0.1, 0.15) is 0 Å². The van der Waals surface area contributed by atoms with Gasteiger partial charge in [-0.15, -0.1) is 12.3 Å². The van der Waals surface area contributed by atoms with Crippen molar-refractivity contribution in [2.75, 3.05) is 0 Å². The van der Waals surface area contributed by atoms with Gasteiger partial charge >= 0.3 is 0 Å². The topological polar surface area (TPSA) is 25.8 Å². The SMILES string of the molecule is C#CCc1ccnc(Cl)n1. The molecule has 0 aliphatic rings. The van der Waals surface area contributed by atoms with Crippen molar-refractivity contribution in [3.63, 3.8) is 0 Å². The van der Waals surface area contributed by atoms with Crippen LogP contribution in [0.1, 0.15) is 5.69 Å². The molecule has 2 nitrogen and oxygen atoms in total. The molecule has 0 spiro atoms. The van der Waals surface area contributed by atoms with E-state index in [-0.39, 0.29) is 5.28 Å². The van der Waals surface area contributed by atoms with Gasteiger partial charge in [-0.25, -0.2) is 9.97 Å². The number of terminal acetylenes is 1. The number of aromatic nitrogens is 2. The van der Waals surface area contributed by atoms with Crippen LogP contribution in [0.3, 0.4) is 0 Å². The van der Waals surface area contributed by atoms with Gasteiger partial charge in [-0.05, 0) is 17.7 Å². The summed E-state index contributed by atoms with van der Waals surface area (Å²) in [5.41, 5.74) is 0.780. The zero-order chi connectivity index (χ0) is 7.40. The minimum atomic E-state index is 0.243. The molecule has 0 radical (unpaired) electrons. The lowest BCUT2D eigenvalue weighted by Crippen LogP contribution is -1.88. The summed E-state index contributed by atoms with van der Waals surface area (Å²) in [4.78, 5) is 7.58. The maximum absolute atomic E-state index is 5.49. The fraction of sp³-hybridized carbons (Fsp3) is 0.143. The molecule has 0 bridgehead atoms. The van der Waals surface area contributed by atoms with E-state index in [2.05, 4.69) is 15.9 Å². The van der Waals surface area contributed by atoms with Crippen LogP contribution in [-0.2, 0) is 6.42 Å². The number of nitrogens with zero attached hydrogens (tertiary/aromatic N) is 2. The molecule has 1 rings (SSSR count). The molecule has 0 amide bonds. The molecule has 3 heteroatoms. The van der Waals surface area contributed by atoms with Crippen molar-refractivity contribution in [2.24, 2.45) is 0 Å². The monoisotopic (exact) mass is 152 g/mol. The van der Waals surface area contributed by atoms with Crippen molar-refractivity contribution in [2.45, 2.75) is 6.42 Å². The van der Waals surface area contributed by atoms with E-state index in [4.69, 9.17) is 18.0 Å². The Morgan fingerprint density at radius 1 is 1.70 bits per heavy atom. The molecule has 1 heterocycles. The van der Waals surface area contributed by atoms with E-state index < -0.39 is 0 Å². The predicted molar refractivity (Wildman–Crippen MR) is 39.6 cm³/mol. The molecule has 10 heavy (non-hydrogen) atoms. The zero-order valence-corrected chi connectivity index (χ0v) is 5.97. The lowest BCUT2D eigenvalue weighted by molar-refractivity contribution is 1.06. The quantitative estimate of drug-likeness (QED) is 0.448. The van der Waals surface area contributed by atoms with Crippen LogP contribution in [0.5, 0.6) is 0 Å². The summed E-state index contributed by atoms with van der Waals surface area (Å²) < 4.78 is 0. The Kier molecular flexibility index (Phi) is 2.24. The lowest BCUT2D eigenvalue weighted by atomic mass is 10.3. The Morgan fingerprint density at radius 2 is 2.50 bits per heavy atom. The summed E-state index contributed by atoms with van der Waals surface area (Å²) in [7, 11) is 0. The highest BCUT2D eigenvalue weighted by atomic mass is 35.5. The molecule has 50 valence electrons. The minimum Gasteiger partial charge on any atom is -0.227 e. The Bertz CT molecular complexity index is 265. The van der Waals surface area contributed by atoms with E-state index >= 15 is 0 Å². The average molecular weight is 153 g/mol. The molecule has 0 N–H and O–H groups in total. The fourth-order valence-electron chi connectivity index (χ4n) is 0.572. The molecule has 1 aromatic heterocycles. The number of halogens is 1. The van der Waals surface area contributed by atoms with Crippen molar-refractivity contribution >= 4 is 11.6 Å². The van der Waals surface area contributed by atoms with Crippen LogP contribution < -0.4 is 0 Å². The molecule has 0 unspecified atom stereocenters. The van der Waals surface area contributed by atoms with Crippen LogP contribution in [0, 0.1) is 12.3 Å². The highest BCUT2D eigenvalue weighted by molar-refractivity contribution is 6.28. The maximum Gasteiger partial charge on any atom is 0.222 e. The second-order valence-electron chi connectivity index (χ2n) is 1.70. The Labute approximate surface area is 64.3 Å². The smallest absolute Gasteiger partial charge is 0.222 e. The van der Waals surface area contributed by atoms with Gasteiger partial charge in [0.05, 0.1) is 12.1 Å². The molecule has 1 aromatic rings. The van der Waals surface area contributed by atoms with E-state index in [9.17, 15) is 0 Å². The fourth-order valence-corrected chi connectivity index (χ4v) is 0.737. The third-order valence-electron chi connectivity index (χ3n) is 0.967. The summed E-state index contributed by atoms with van der Waals surface area (Å²) >= 11 is 5.49. The van der Waals surface area contributed by atoms with Gasteiger partial charge in [0, 0.05) is 6.20 Å². The van der Waals surface area contributed by atoms with Crippen LogP contribution in [0.25, 0.3) is 0 Å². The summed E-state index contributed by atoms with van der Waals surface area (Å²) in [6.07, 6.45) is 7.14. The summed E-state index contributed by atoms with van der Waals surface area (Å²) in [5.74, 6) is 2.46. The van der Waals surface area contributed by atoms with Crippen LogP contribution >= 0.6 is 11.6 Å². The van der Waals surface area contributed by atoms with Crippen molar-refractivity contribution in [1.82, 2.24) is 9.97 Å². The Morgan fingerprint density at radius 3 is 3.10 bits per heavy atom. The normalized spacial score (nSPS) is 8.80. The number of hydrogen-bond donors (Lipinski definition) is 0. The molecule has 0 atom stereocenters. The van der Waals surface area contributed by atoms with Gasteiger partial charge < -0.3 is 0 Å². The predicted octanol–water partition coefficient (Wildman–Crippen LogP) is 1.31. The molecule has 0 saturated heterocycles. The van der Waals surface area contributed by atoms with E-state index in [1.165, 1.54) is 0 Å².